The van der Waals surface area contributed by atoms with Gasteiger partial charge in [0.05, 0.1) is 44.6 Å². The van der Waals surface area contributed by atoms with Gasteiger partial charge in [0, 0.05) is 18.5 Å². The van der Waals surface area contributed by atoms with Gasteiger partial charge in [-0.1, -0.05) is 12.1 Å². The number of ether oxygens (including phenoxy) is 4. The van der Waals surface area contributed by atoms with Crippen molar-refractivity contribution in [2.75, 3.05) is 57.4 Å². The van der Waals surface area contributed by atoms with Gasteiger partial charge in [0.1, 0.15) is 6.61 Å². The number of rotatable bonds is 15. The van der Waals surface area contributed by atoms with Gasteiger partial charge in [-0.3, -0.25) is 10.1 Å². The van der Waals surface area contributed by atoms with E-state index in [0.29, 0.717) is 37.8 Å². The zero-order valence-corrected chi connectivity index (χ0v) is 19.5. The van der Waals surface area contributed by atoms with Gasteiger partial charge >= 0.3 is 12.1 Å². The minimum absolute atomic E-state index is 0.102. The van der Waals surface area contributed by atoms with Gasteiger partial charge in [-0.2, -0.15) is 0 Å². The summed E-state index contributed by atoms with van der Waals surface area (Å²) in [6.07, 6.45) is -0.335. The van der Waals surface area contributed by atoms with Crippen LogP contribution in [-0.2, 0) is 30.2 Å². The highest BCUT2D eigenvalue weighted by Gasteiger charge is 2.15. The Hall–Kier alpha value is -3.51. The van der Waals surface area contributed by atoms with Crippen LogP contribution in [0.3, 0.4) is 0 Å². The third-order valence-electron chi connectivity index (χ3n) is 4.66. The maximum Gasteiger partial charge on any atom is 0.411 e. The summed E-state index contributed by atoms with van der Waals surface area (Å²) in [4.78, 5) is 35.1. The second kappa shape index (κ2) is 15.4. The molecule has 2 rings (SSSR count). The number of benzene rings is 2. The van der Waals surface area contributed by atoms with Crippen LogP contribution >= 0.6 is 0 Å². The van der Waals surface area contributed by atoms with Gasteiger partial charge < -0.3 is 35.1 Å². The molecule has 5 N–H and O–H groups in total. The first-order chi connectivity index (χ1) is 16.9. The van der Waals surface area contributed by atoms with Gasteiger partial charge in [-0.15, -0.1) is 0 Å². The second-order valence-corrected chi connectivity index (χ2v) is 7.36. The summed E-state index contributed by atoms with van der Waals surface area (Å²) in [6, 6.07) is 11.8. The summed E-state index contributed by atoms with van der Waals surface area (Å²) in [5.74, 6) is -1.45. The molecular formula is C24H31N3O8. The molecular weight excluding hydrogens is 458 g/mol. The fourth-order valence-electron chi connectivity index (χ4n) is 2.81. The largest absolute Gasteiger partial charge is 0.478 e. The number of carbonyl (C=O) groups is 3. The van der Waals surface area contributed by atoms with E-state index < -0.39 is 24.0 Å². The van der Waals surface area contributed by atoms with Crippen molar-refractivity contribution < 1.29 is 38.4 Å². The maximum atomic E-state index is 12.3. The lowest BCUT2D eigenvalue weighted by Gasteiger charge is -2.13. The average molecular weight is 490 g/mol. The Bertz CT molecular complexity index is 935. The van der Waals surface area contributed by atoms with Gasteiger partial charge in [-0.25, -0.2) is 9.59 Å². The Morgan fingerprint density at radius 2 is 1.37 bits per heavy atom. The maximum absolute atomic E-state index is 12.3. The van der Waals surface area contributed by atoms with E-state index in [1.807, 2.05) is 0 Å². The van der Waals surface area contributed by atoms with Crippen LogP contribution in [-0.4, -0.2) is 75.9 Å². The average Bonchev–Trinajstić information content (AvgIpc) is 2.84. The number of nitrogens with one attached hydrogen (secondary N) is 2. The minimum atomic E-state index is -1.05. The van der Waals surface area contributed by atoms with Crippen molar-refractivity contribution in [3.8, 4) is 0 Å². The summed E-state index contributed by atoms with van der Waals surface area (Å²) in [5.41, 5.74) is 7.90. The number of carboxylic acid groups (broad SMARTS) is 1. The van der Waals surface area contributed by atoms with Crippen molar-refractivity contribution in [2.45, 2.75) is 12.5 Å². The van der Waals surface area contributed by atoms with Crippen LogP contribution < -0.4 is 16.4 Å². The summed E-state index contributed by atoms with van der Waals surface area (Å²) in [6.45, 7) is 2.22. The van der Waals surface area contributed by atoms with E-state index in [4.69, 9.17) is 29.8 Å². The molecule has 190 valence electrons. The second-order valence-electron chi connectivity index (χ2n) is 7.36. The van der Waals surface area contributed by atoms with Crippen LogP contribution in [0.5, 0.6) is 0 Å². The predicted octanol–water partition coefficient (Wildman–Crippen LogP) is 2.12. The lowest BCUT2D eigenvalue weighted by atomic mass is 10.1. The molecule has 0 saturated carbocycles. The molecule has 1 unspecified atom stereocenters. The Morgan fingerprint density at radius 1 is 0.829 bits per heavy atom. The zero-order valence-electron chi connectivity index (χ0n) is 19.5. The molecule has 0 saturated heterocycles. The number of methoxy groups -OCH3 is 1. The summed E-state index contributed by atoms with van der Waals surface area (Å²) in [5, 5.41) is 14.2. The molecule has 2 aromatic rings. The first kappa shape index (κ1) is 27.7. The number of carboxylic acids is 1. The minimum Gasteiger partial charge on any atom is -0.478 e. The Kier molecular flexibility index (Phi) is 12.2. The lowest BCUT2D eigenvalue weighted by Crippen LogP contribution is -2.37. The van der Waals surface area contributed by atoms with Crippen LogP contribution in [0, 0.1) is 0 Å². The third kappa shape index (κ3) is 11.0. The highest BCUT2D eigenvalue weighted by Crippen LogP contribution is 2.13. The number of nitrogens with two attached hydrogens (primary N) is 1. The molecule has 2 amide bonds. The molecule has 11 nitrogen and oxygen atoms in total. The summed E-state index contributed by atoms with van der Waals surface area (Å²) < 4.78 is 20.5. The van der Waals surface area contributed by atoms with Crippen LogP contribution in [0.4, 0.5) is 16.2 Å². The van der Waals surface area contributed by atoms with Crippen LogP contribution in [0.15, 0.2) is 48.5 Å². The molecule has 1 atom stereocenters. The van der Waals surface area contributed by atoms with Gasteiger partial charge in [0.25, 0.3) is 0 Å². The predicted molar refractivity (Wildman–Crippen MR) is 129 cm³/mol. The molecule has 0 bridgehead atoms. The van der Waals surface area contributed by atoms with E-state index in [0.717, 1.165) is 5.56 Å². The van der Waals surface area contributed by atoms with E-state index in [1.165, 1.54) is 24.3 Å². The summed E-state index contributed by atoms with van der Waals surface area (Å²) >= 11 is 0. The molecule has 0 aromatic heterocycles. The monoisotopic (exact) mass is 489 g/mol. The number of amides is 2. The normalized spacial score (nSPS) is 11.5. The molecule has 2 aromatic carbocycles. The molecule has 0 radical (unpaired) electrons. The number of anilines is 2. The van der Waals surface area contributed by atoms with Crippen molar-refractivity contribution in [2.24, 2.45) is 5.73 Å². The van der Waals surface area contributed by atoms with Crippen molar-refractivity contribution in [1.82, 2.24) is 0 Å². The highest BCUT2D eigenvalue weighted by molar-refractivity contribution is 5.95. The number of carbonyl (C=O) groups excluding carboxylic acids is 2. The zero-order chi connectivity index (χ0) is 25.5. The molecule has 0 fully saturated rings. The van der Waals surface area contributed by atoms with E-state index in [2.05, 4.69) is 10.6 Å². The van der Waals surface area contributed by atoms with E-state index >= 15 is 0 Å². The van der Waals surface area contributed by atoms with Crippen molar-refractivity contribution in [3.05, 3.63) is 59.7 Å². The fraction of sp³-hybridized carbons (Fsp3) is 0.375. The first-order valence-corrected chi connectivity index (χ1v) is 11.0. The molecule has 0 spiro atoms. The van der Waals surface area contributed by atoms with Gasteiger partial charge in [0.15, 0.2) is 0 Å². The molecule has 0 aliphatic heterocycles. The Labute approximate surface area is 203 Å². The topological polar surface area (TPSA) is 158 Å². The molecule has 0 heterocycles. The standard InChI is InChI=1S/C24H31N3O8/c1-32-10-11-33-12-13-34-14-15-35-24(31)27-20-6-2-17(3-7-20)16-21(25)22(28)26-19-8-4-18(5-9-19)23(29)30/h2-9,21H,10-16,25H2,1H3,(H,26,28)(H,27,31)(H,29,30). The van der Waals surface area contributed by atoms with Crippen molar-refractivity contribution in [1.29, 1.82) is 0 Å². The van der Waals surface area contributed by atoms with Crippen molar-refractivity contribution in [3.63, 3.8) is 0 Å². The fourth-order valence-corrected chi connectivity index (χ4v) is 2.81. The number of aromatic carboxylic acids is 1. The molecule has 0 aliphatic rings. The Morgan fingerprint density at radius 3 is 1.97 bits per heavy atom. The molecule has 35 heavy (non-hydrogen) atoms. The highest BCUT2D eigenvalue weighted by atomic mass is 16.6. The number of hydrogen-bond donors (Lipinski definition) is 4. The van der Waals surface area contributed by atoms with E-state index in [1.54, 1.807) is 31.4 Å². The summed E-state index contributed by atoms with van der Waals surface area (Å²) in [7, 11) is 1.60. The first-order valence-electron chi connectivity index (χ1n) is 11.0. The quantitative estimate of drug-likeness (QED) is 0.275. The van der Waals surface area contributed by atoms with E-state index in [9.17, 15) is 14.4 Å². The van der Waals surface area contributed by atoms with Crippen LogP contribution in [0.25, 0.3) is 0 Å². The SMILES string of the molecule is COCCOCCOCCOC(=O)Nc1ccc(CC(N)C(=O)Nc2ccc(C(=O)O)cc2)cc1. The van der Waals surface area contributed by atoms with Gasteiger partial charge in [0.2, 0.25) is 5.91 Å². The van der Waals surface area contributed by atoms with Crippen molar-refractivity contribution >= 4 is 29.3 Å². The number of hydrogen-bond acceptors (Lipinski definition) is 8. The van der Waals surface area contributed by atoms with Gasteiger partial charge in [-0.05, 0) is 48.4 Å². The van der Waals surface area contributed by atoms with Crippen LogP contribution in [0.2, 0.25) is 0 Å². The molecule has 0 aliphatic carbocycles. The van der Waals surface area contributed by atoms with Crippen LogP contribution in [0.1, 0.15) is 15.9 Å². The lowest BCUT2D eigenvalue weighted by molar-refractivity contribution is -0.117. The van der Waals surface area contributed by atoms with E-state index in [-0.39, 0.29) is 25.2 Å². The molecule has 11 heteroatoms. The Balaban J connectivity index is 1.66. The smallest absolute Gasteiger partial charge is 0.411 e. The third-order valence-corrected chi connectivity index (χ3v) is 4.66.